The zero-order chi connectivity index (χ0) is 22.9. The molecule has 0 fully saturated rings. The molecule has 0 saturated carbocycles. The highest BCUT2D eigenvalue weighted by Gasteiger charge is 2.07. The van der Waals surface area contributed by atoms with E-state index in [9.17, 15) is 13.6 Å². The van der Waals surface area contributed by atoms with Crippen LogP contribution in [0.5, 0.6) is 0 Å². The number of rotatable bonds is 4. The molecule has 0 N–H and O–H groups in total. The van der Waals surface area contributed by atoms with Gasteiger partial charge in [0.2, 0.25) is 11.6 Å². The molecule has 0 aromatic heterocycles. The summed E-state index contributed by atoms with van der Waals surface area (Å²) in [5, 5.41) is 0. The van der Waals surface area contributed by atoms with Gasteiger partial charge in [-0.25, -0.2) is 4.39 Å². The van der Waals surface area contributed by atoms with Crippen LogP contribution < -0.4 is 0 Å². The summed E-state index contributed by atoms with van der Waals surface area (Å²) >= 11 is 0. The summed E-state index contributed by atoms with van der Waals surface area (Å²) in [6.45, 7) is 4.04. The third kappa shape index (κ3) is 6.27. The second-order valence-corrected chi connectivity index (χ2v) is 7.35. The molecule has 1 nitrogen and oxygen atoms in total. The molecule has 158 valence electrons. The molecule has 0 aliphatic rings. The Morgan fingerprint density at radius 2 is 1.28 bits per heavy atom. The van der Waals surface area contributed by atoms with Crippen molar-refractivity contribution in [3.63, 3.8) is 0 Å². The van der Waals surface area contributed by atoms with Crippen molar-refractivity contribution in [2.24, 2.45) is 0 Å². The van der Waals surface area contributed by atoms with Gasteiger partial charge in [0, 0.05) is 22.3 Å². The number of hydrogen-bond acceptors (Lipinski definition) is 1. The summed E-state index contributed by atoms with van der Waals surface area (Å²) in [6.07, 6.45) is 2.01. The van der Waals surface area contributed by atoms with Crippen LogP contribution in [0.3, 0.4) is 0 Å². The van der Waals surface area contributed by atoms with Crippen molar-refractivity contribution in [1.29, 1.82) is 0 Å². The Hall–Kier alpha value is -3.95. The number of halogens is 2. The van der Waals surface area contributed by atoms with E-state index in [2.05, 4.69) is 30.6 Å². The van der Waals surface area contributed by atoms with Crippen LogP contribution in [0.1, 0.15) is 51.5 Å². The van der Waals surface area contributed by atoms with Crippen molar-refractivity contribution in [3.05, 3.63) is 112 Å². The zero-order valence-electron chi connectivity index (χ0n) is 18.0. The van der Waals surface area contributed by atoms with Gasteiger partial charge in [-0.05, 0) is 55.0 Å². The number of ketones is 1. The minimum atomic E-state index is -1.13. The number of allylic oxidation sites excluding steroid dienone is 1. The van der Waals surface area contributed by atoms with Crippen LogP contribution in [0.25, 0.3) is 5.83 Å². The number of aryl methyl sites for hydroxylation is 2. The molecule has 0 amide bonds. The first kappa shape index (κ1) is 22.7. The van der Waals surface area contributed by atoms with Crippen molar-refractivity contribution in [2.75, 3.05) is 0 Å². The van der Waals surface area contributed by atoms with E-state index >= 15 is 0 Å². The predicted octanol–water partition coefficient (Wildman–Crippen LogP) is 6.84. The number of carbonyl (C=O) groups excluding carboxylic acids is 1. The van der Waals surface area contributed by atoms with E-state index in [4.69, 9.17) is 0 Å². The van der Waals surface area contributed by atoms with Gasteiger partial charge >= 0.3 is 0 Å². The molecule has 0 aliphatic heterocycles. The number of hydrogen-bond donors (Lipinski definition) is 0. The normalized spacial score (nSPS) is 10.9. The Morgan fingerprint density at radius 1 is 0.750 bits per heavy atom. The van der Waals surface area contributed by atoms with E-state index in [1.807, 2.05) is 31.2 Å². The van der Waals surface area contributed by atoms with Gasteiger partial charge < -0.3 is 0 Å². The maximum atomic E-state index is 14.4. The SMILES string of the molecule is CCCc1ccc(C#C/C(F)=C(\F)c2ccc(C#CC(=O)c3ccc(C)cc3)cc2)cc1. The van der Waals surface area contributed by atoms with E-state index in [-0.39, 0.29) is 11.3 Å². The van der Waals surface area contributed by atoms with Crippen LogP contribution in [0.15, 0.2) is 78.6 Å². The maximum absolute atomic E-state index is 14.4. The summed E-state index contributed by atoms with van der Waals surface area (Å²) in [6, 6.07) is 20.5. The summed E-state index contributed by atoms with van der Waals surface area (Å²) in [4.78, 5) is 12.1. The predicted molar refractivity (Wildman–Crippen MR) is 125 cm³/mol. The van der Waals surface area contributed by atoms with Crippen LogP contribution >= 0.6 is 0 Å². The van der Waals surface area contributed by atoms with Crippen molar-refractivity contribution >= 4 is 11.6 Å². The van der Waals surface area contributed by atoms with Gasteiger partial charge in [0.15, 0.2) is 5.83 Å². The Kier molecular flexibility index (Phi) is 7.74. The van der Waals surface area contributed by atoms with Gasteiger partial charge in [0.05, 0.1) is 0 Å². The largest absolute Gasteiger partial charge is 0.279 e. The van der Waals surface area contributed by atoms with Gasteiger partial charge in [0.1, 0.15) is 0 Å². The Morgan fingerprint density at radius 3 is 1.88 bits per heavy atom. The smallest absolute Gasteiger partial charge is 0.236 e. The highest BCUT2D eigenvalue weighted by atomic mass is 19.2. The fraction of sp³-hybridized carbons (Fsp3) is 0.138. The molecule has 3 aromatic rings. The molecule has 0 aliphatic carbocycles. The first-order valence-electron chi connectivity index (χ1n) is 10.4. The molecule has 3 aromatic carbocycles. The molecule has 0 atom stereocenters. The summed E-state index contributed by atoms with van der Waals surface area (Å²) in [5.74, 6) is 7.74. The van der Waals surface area contributed by atoms with E-state index in [1.165, 1.54) is 29.8 Å². The zero-order valence-corrected chi connectivity index (χ0v) is 18.0. The Bertz CT molecular complexity index is 1240. The molecule has 0 spiro atoms. The van der Waals surface area contributed by atoms with Crippen molar-refractivity contribution in [1.82, 2.24) is 0 Å². The summed E-state index contributed by atoms with van der Waals surface area (Å²) in [5.41, 5.74) is 3.96. The van der Waals surface area contributed by atoms with Crippen molar-refractivity contribution < 1.29 is 13.6 Å². The molecule has 32 heavy (non-hydrogen) atoms. The fourth-order valence-corrected chi connectivity index (χ4v) is 2.96. The highest BCUT2D eigenvalue weighted by Crippen LogP contribution is 2.21. The lowest BCUT2D eigenvalue weighted by molar-refractivity contribution is 0.105. The minimum absolute atomic E-state index is 0.0607. The van der Waals surface area contributed by atoms with Crippen LogP contribution in [-0.4, -0.2) is 5.78 Å². The molecule has 0 bridgehead atoms. The van der Waals surface area contributed by atoms with Gasteiger partial charge in [-0.1, -0.05) is 79.3 Å². The first-order valence-corrected chi connectivity index (χ1v) is 10.4. The lowest BCUT2D eigenvalue weighted by Gasteiger charge is -1.99. The van der Waals surface area contributed by atoms with E-state index < -0.39 is 11.7 Å². The van der Waals surface area contributed by atoms with Gasteiger partial charge in [-0.3, -0.25) is 4.79 Å². The molecule has 3 rings (SSSR count). The standard InChI is InChI=1S/C29H22F2O/c1-3-4-22-7-9-23(10-8-22)13-19-27(30)29(31)26-17-11-24(12-18-26)14-20-28(32)25-15-5-21(2)6-16-25/h5-12,15-18H,3-4H2,1-2H3/b29-27+. The fourth-order valence-electron chi connectivity index (χ4n) is 2.96. The van der Waals surface area contributed by atoms with Gasteiger partial charge in [-0.15, -0.1) is 0 Å². The number of Topliss-reactive ketones (excluding diaryl/α,β-unsaturated/α-hetero) is 1. The maximum Gasteiger partial charge on any atom is 0.236 e. The molecular formula is C29H22F2O. The molecule has 0 heterocycles. The van der Waals surface area contributed by atoms with Gasteiger partial charge in [-0.2, -0.15) is 4.39 Å². The van der Waals surface area contributed by atoms with Gasteiger partial charge in [0.25, 0.3) is 0 Å². The highest BCUT2D eigenvalue weighted by molar-refractivity contribution is 6.09. The lowest BCUT2D eigenvalue weighted by Crippen LogP contribution is -1.94. The lowest BCUT2D eigenvalue weighted by atomic mass is 10.1. The summed E-state index contributed by atoms with van der Waals surface area (Å²) in [7, 11) is 0. The molecule has 0 saturated heterocycles. The molecule has 3 heteroatoms. The molecule has 0 radical (unpaired) electrons. The quantitative estimate of drug-likeness (QED) is 0.331. The second-order valence-electron chi connectivity index (χ2n) is 7.35. The van der Waals surface area contributed by atoms with E-state index in [0.717, 1.165) is 18.4 Å². The average molecular weight is 424 g/mol. The first-order chi connectivity index (χ1) is 15.5. The Labute approximate surface area is 187 Å². The molecular weight excluding hydrogens is 402 g/mol. The third-order valence-electron chi connectivity index (χ3n) is 4.77. The Balaban J connectivity index is 1.70. The third-order valence-corrected chi connectivity index (χ3v) is 4.77. The van der Waals surface area contributed by atoms with Crippen molar-refractivity contribution in [2.45, 2.75) is 26.7 Å². The minimum Gasteiger partial charge on any atom is -0.279 e. The monoisotopic (exact) mass is 424 g/mol. The van der Waals surface area contributed by atoms with E-state index in [0.29, 0.717) is 16.7 Å². The molecule has 0 unspecified atom stereocenters. The topological polar surface area (TPSA) is 17.1 Å². The average Bonchev–Trinajstić information content (AvgIpc) is 2.82. The summed E-state index contributed by atoms with van der Waals surface area (Å²) < 4.78 is 28.6. The van der Waals surface area contributed by atoms with Crippen LogP contribution in [0, 0.1) is 30.6 Å². The van der Waals surface area contributed by atoms with Crippen LogP contribution in [0.4, 0.5) is 8.78 Å². The second kappa shape index (κ2) is 10.9. The number of benzene rings is 3. The van der Waals surface area contributed by atoms with E-state index in [1.54, 1.807) is 24.3 Å². The van der Waals surface area contributed by atoms with Crippen LogP contribution in [-0.2, 0) is 6.42 Å². The van der Waals surface area contributed by atoms with Crippen molar-refractivity contribution in [3.8, 4) is 23.7 Å². The number of carbonyl (C=O) groups is 1. The van der Waals surface area contributed by atoms with Crippen LogP contribution in [0.2, 0.25) is 0 Å².